The normalized spacial score (nSPS) is 13.4. The van der Waals surface area contributed by atoms with Gasteiger partial charge in [-0.1, -0.05) is 34.6 Å². The predicted octanol–water partition coefficient (Wildman–Crippen LogP) is 2.18. The lowest BCUT2D eigenvalue weighted by molar-refractivity contribution is 0.311. The number of nitrogens with zero attached hydrogens (tertiary/aromatic N) is 1. The van der Waals surface area contributed by atoms with Crippen LogP contribution in [0.15, 0.2) is 17.2 Å². The second kappa shape index (κ2) is 6.28. The Morgan fingerprint density at radius 3 is 2.45 bits per heavy atom. The molecule has 0 atom stereocenters. The summed E-state index contributed by atoms with van der Waals surface area (Å²) in [6.07, 6.45) is 1.56. The van der Waals surface area contributed by atoms with E-state index in [9.17, 15) is 8.42 Å². The van der Waals surface area contributed by atoms with E-state index in [1.54, 1.807) is 19.3 Å². The van der Waals surface area contributed by atoms with Crippen molar-refractivity contribution in [2.24, 2.45) is 5.41 Å². The van der Waals surface area contributed by atoms with Gasteiger partial charge in [-0.05, 0) is 11.5 Å². The highest BCUT2D eigenvalue weighted by Gasteiger charge is 2.26. The summed E-state index contributed by atoms with van der Waals surface area (Å²) in [6, 6.07) is 2.06. The number of aromatic nitrogens is 1. The molecule has 0 fully saturated rings. The topological polar surface area (TPSA) is 65.2 Å². The van der Waals surface area contributed by atoms with Gasteiger partial charge >= 0.3 is 0 Å². The van der Waals surface area contributed by atoms with Crippen molar-refractivity contribution in [2.45, 2.75) is 52.1 Å². The first-order valence-electron chi connectivity index (χ1n) is 6.89. The van der Waals surface area contributed by atoms with Crippen LogP contribution in [0.5, 0.6) is 0 Å². The van der Waals surface area contributed by atoms with E-state index in [1.807, 2.05) is 20.8 Å². The van der Waals surface area contributed by atoms with Crippen molar-refractivity contribution in [1.29, 1.82) is 0 Å². The van der Waals surface area contributed by atoms with Crippen LogP contribution in [0.1, 0.15) is 40.3 Å². The molecule has 5 nitrogen and oxygen atoms in total. The molecule has 116 valence electrons. The Morgan fingerprint density at radius 2 is 1.95 bits per heavy atom. The average molecular weight is 301 g/mol. The van der Waals surface area contributed by atoms with Crippen LogP contribution in [-0.2, 0) is 16.6 Å². The molecule has 6 heteroatoms. The van der Waals surface area contributed by atoms with Crippen LogP contribution in [-0.4, -0.2) is 37.3 Å². The Balaban J connectivity index is 2.83. The summed E-state index contributed by atoms with van der Waals surface area (Å²) in [6.45, 7) is 11.3. The number of sulfonamides is 1. The van der Waals surface area contributed by atoms with Crippen molar-refractivity contribution >= 4 is 10.0 Å². The van der Waals surface area contributed by atoms with Crippen LogP contribution in [0.4, 0.5) is 0 Å². The van der Waals surface area contributed by atoms with Gasteiger partial charge in [-0.2, -0.15) is 0 Å². The maximum atomic E-state index is 12.4. The molecule has 0 aromatic carbocycles. The third-order valence-corrected chi connectivity index (χ3v) is 4.60. The highest BCUT2D eigenvalue weighted by atomic mass is 32.2. The van der Waals surface area contributed by atoms with Crippen LogP contribution in [0.25, 0.3) is 0 Å². The Morgan fingerprint density at radius 1 is 1.35 bits per heavy atom. The lowest BCUT2D eigenvalue weighted by atomic mass is 9.97. The maximum Gasteiger partial charge on any atom is 0.244 e. The molecule has 0 amide bonds. The third kappa shape index (κ3) is 4.92. The fourth-order valence-corrected chi connectivity index (χ4v) is 3.33. The van der Waals surface area contributed by atoms with Gasteiger partial charge in [0, 0.05) is 38.1 Å². The Bertz CT molecular complexity index is 527. The molecule has 0 saturated carbocycles. The Hall–Kier alpha value is -0.850. The van der Waals surface area contributed by atoms with Crippen LogP contribution in [0.2, 0.25) is 0 Å². The van der Waals surface area contributed by atoms with Gasteiger partial charge in [-0.3, -0.25) is 0 Å². The summed E-state index contributed by atoms with van der Waals surface area (Å²) in [5.74, 6) is 0. The number of hydrogen-bond donors (Lipinski definition) is 2. The van der Waals surface area contributed by atoms with Crippen molar-refractivity contribution in [1.82, 2.24) is 14.6 Å². The smallest absolute Gasteiger partial charge is 0.244 e. The summed E-state index contributed by atoms with van der Waals surface area (Å²) in [5.41, 5.74) is 0.807. The minimum absolute atomic E-state index is 0.0693. The first-order chi connectivity index (χ1) is 9.02. The molecule has 0 unspecified atom stereocenters. The molecule has 0 spiro atoms. The molecule has 0 saturated heterocycles. The van der Waals surface area contributed by atoms with Gasteiger partial charge in [-0.25, -0.2) is 12.7 Å². The zero-order chi connectivity index (χ0) is 15.6. The highest BCUT2D eigenvalue weighted by molar-refractivity contribution is 7.89. The fraction of sp³-hybridized carbons (Fsp3) is 0.714. The average Bonchev–Trinajstić information content (AvgIpc) is 2.72. The number of aromatic amines is 1. The van der Waals surface area contributed by atoms with Crippen LogP contribution >= 0.6 is 0 Å². The minimum atomic E-state index is -3.42. The first-order valence-corrected chi connectivity index (χ1v) is 8.33. The van der Waals surface area contributed by atoms with E-state index in [0.717, 1.165) is 5.69 Å². The lowest BCUT2D eigenvalue weighted by Crippen LogP contribution is -2.34. The van der Waals surface area contributed by atoms with Gasteiger partial charge in [0.1, 0.15) is 0 Å². The standard InChI is InChI=1S/C14H27N3O2S/c1-11(2)15-8-12-7-13(9-16-12)20(18,19)17(6)10-14(3,4)5/h7,9,11,15-16H,8,10H2,1-6H3. The second-order valence-electron chi connectivity index (χ2n) is 6.72. The second-order valence-corrected chi connectivity index (χ2v) is 8.76. The molecular formula is C14H27N3O2S. The molecule has 2 N–H and O–H groups in total. The predicted molar refractivity (Wildman–Crippen MR) is 82.0 cm³/mol. The third-order valence-electron chi connectivity index (χ3n) is 2.82. The molecule has 0 aliphatic carbocycles. The Labute approximate surface area is 122 Å². The van der Waals surface area contributed by atoms with Gasteiger partial charge in [0.05, 0.1) is 4.90 Å². The molecule has 1 rings (SSSR count). The van der Waals surface area contributed by atoms with Gasteiger partial charge < -0.3 is 10.3 Å². The van der Waals surface area contributed by atoms with Crippen molar-refractivity contribution < 1.29 is 8.42 Å². The minimum Gasteiger partial charge on any atom is -0.363 e. The number of H-pyrrole nitrogens is 1. The Kier molecular flexibility index (Phi) is 5.40. The van der Waals surface area contributed by atoms with Crippen LogP contribution in [0.3, 0.4) is 0 Å². The van der Waals surface area contributed by atoms with Crippen LogP contribution in [0, 0.1) is 5.41 Å². The summed E-state index contributed by atoms with van der Waals surface area (Å²) in [4.78, 5) is 3.34. The molecule has 0 radical (unpaired) electrons. The van der Waals surface area contributed by atoms with E-state index < -0.39 is 10.0 Å². The van der Waals surface area contributed by atoms with Crippen LogP contribution < -0.4 is 5.32 Å². The van der Waals surface area contributed by atoms with E-state index in [2.05, 4.69) is 24.1 Å². The SMILES string of the molecule is CC(C)NCc1cc(S(=O)(=O)N(C)CC(C)(C)C)c[nH]1. The lowest BCUT2D eigenvalue weighted by Gasteiger charge is -2.25. The van der Waals surface area contributed by atoms with Gasteiger partial charge in [-0.15, -0.1) is 0 Å². The quantitative estimate of drug-likeness (QED) is 0.846. The molecular weight excluding hydrogens is 274 g/mol. The van der Waals surface area contributed by atoms with Crippen molar-refractivity contribution in [3.63, 3.8) is 0 Å². The molecule has 20 heavy (non-hydrogen) atoms. The first kappa shape index (κ1) is 17.2. The van der Waals surface area contributed by atoms with E-state index in [4.69, 9.17) is 0 Å². The fourth-order valence-electron chi connectivity index (χ4n) is 1.92. The van der Waals surface area contributed by atoms with Gasteiger partial charge in [0.15, 0.2) is 0 Å². The largest absolute Gasteiger partial charge is 0.363 e. The summed E-state index contributed by atoms with van der Waals surface area (Å²) in [7, 11) is -1.79. The van der Waals surface area contributed by atoms with E-state index in [1.165, 1.54) is 4.31 Å². The van der Waals surface area contributed by atoms with E-state index in [0.29, 0.717) is 24.0 Å². The maximum absolute atomic E-state index is 12.4. The van der Waals surface area contributed by atoms with E-state index in [-0.39, 0.29) is 5.41 Å². The molecule has 1 aromatic rings. The summed E-state index contributed by atoms with van der Waals surface area (Å²) in [5, 5.41) is 3.25. The molecule has 0 aliphatic heterocycles. The summed E-state index contributed by atoms with van der Waals surface area (Å²) >= 11 is 0. The van der Waals surface area contributed by atoms with Gasteiger partial charge in [0.2, 0.25) is 10.0 Å². The molecule has 1 aromatic heterocycles. The number of nitrogens with one attached hydrogen (secondary N) is 2. The van der Waals surface area contributed by atoms with E-state index >= 15 is 0 Å². The highest BCUT2D eigenvalue weighted by Crippen LogP contribution is 2.21. The number of rotatable bonds is 6. The zero-order valence-electron chi connectivity index (χ0n) is 13.3. The van der Waals surface area contributed by atoms with Crippen molar-refractivity contribution in [3.8, 4) is 0 Å². The number of hydrogen-bond acceptors (Lipinski definition) is 3. The zero-order valence-corrected chi connectivity index (χ0v) is 14.1. The monoisotopic (exact) mass is 301 g/mol. The molecule has 0 bridgehead atoms. The molecule has 1 heterocycles. The summed E-state index contributed by atoms with van der Waals surface area (Å²) < 4.78 is 26.3. The van der Waals surface area contributed by atoms with Crippen molar-refractivity contribution in [2.75, 3.05) is 13.6 Å². The van der Waals surface area contributed by atoms with Crippen molar-refractivity contribution in [3.05, 3.63) is 18.0 Å². The van der Waals surface area contributed by atoms with Gasteiger partial charge in [0.25, 0.3) is 0 Å². The molecule has 0 aliphatic rings.